The molecule has 2 N–H and O–H groups in total. The van der Waals surface area contributed by atoms with Crippen molar-refractivity contribution in [2.45, 2.75) is 6.04 Å². The van der Waals surface area contributed by atoms with Gasteiger partial charge in [0.1, 0.15) is 0 Å². The first-order valence-electron chi connectivity index (χ1n) is 7.40. The molecule has 0 fully saturated rings. The number of Topliss-reactive ketones (excluding diaryl/α,β-unsaturated/α-hetero) is 1. The summed E-state index contributed by atoms with van der Waals surface area (Å²) >= 11 is 5.89. The number of anilines is 1. The SMILES string of the molecule is N#CC(NNc1cccc(Cl)c1)C(=O)c1cc(-c2ccccc2)on1. The maximum absolute atomic E-state index is 12.4. The number of nitrogens with one attached hydrogen (secondary N) is 2. The Morgan fingerprint density at radius 3 is 2.68 bits per heavy atom. The first-order valence-corrected chi connectivity index (χ1v) is 7.78. The van der Waals surface area contributed by atoms with Gasteiger partial charge in [-0.3, -0.25) is 4.79 Å². The highest BCUT2D eigenvalue weighted by Crippen LogP contribution is 2.20. The Kier molecular flexibility index (Phi) is 5.09. The normalized spacial score (nSPS) is 11.5. The van der Waals surface area contributed by atoms with Crippen LogP contribution in [0.5, 0.6) is 0 Å². The number of hydrogen-bond donors (Lipinski definition) is 2. The van der Waals surface area contributed by atoms with E-state index in [0.717, 1.165) is 5.56 Å². The van der Waals surface area contributed by atoms with Gasteiger partial charge in [0.15, 0.2) is 17.5 Å². The molecule has 1 heterocycles. The lowest BCUT2D eigenvalue weighted by Gasteiger charge is -2.11. The predicted octanol–water partition coefficient (Wildman–Crippen LogP) is 3.69. The van der Waals surface area contributed by atoms with Crippen LogP contribution in [0.25, 0.3) is 11.3 Å². The molecule has 6 nitrogen and oxygen atoms in total. The smallest absolute Gasteiger partial charge is 0.217 e. The third-order valence-electron chi connectivity index (χ3n) is 3.40. The summed E-state index contributed by atoms with van der Waals surface area (Å²) in [7, 11) is 0. The van der Waals surface area contributed by atoms with Gasteiger partial charge in [-0.2, -0.15) is 5.26 Å². The molecule has 0 saturated carbocycles. The maximum atomic E-state index is 12.4. The standard InChI is InChI=1S/C18H13ClN4O2/c19-13-7-4-8-14(9-13)21-22-16(11-20)18(24)15-10-17(25-23-15)12-5-2-1-3-6-12/h1-10,16,21-22H. The zero-order chi connectivity index (χ0) is 17.6. The van der Waals surface area contributed by atoms with Crippen molar-refractivity contribution in [1.29, 1.82) is 5.26 Å². The number of hydrazine groups is 1. The van der Waals surface area contributed by atoms with Crippen LogP contribution in [0, 0.1) is 11.3 Å². The van der Waals surface area contributed by atoms with E-state index >= 15 is 0 Å². The Labute approximate surface area is 149 Å². The highest BCUT2D eigenvalue weighted by molar-refractivity contribution is 6.30. The van der Waals surface area contributed by atoms with Crippen molar-refractivity contribution >= 4 is 23.1 Å². The van der Waals surface area contributed by atoms with E-state index in [2.05, 4.69) is 16.0 Å². The second-order valence-electron chi connectivity index (χ2n) is 5.15. The second kappa shape index (κ2) is 7.62. The lowest BCUT2D eigenvalue weighted by Crippen LogP contribution is -2.39. The van der Waals surface area contributed by atoms with Crippen molar-refractivity contribution in [2.75, 3.05) is 5.43 Å². The number of halogens is 1. The molecule has 25 heavy (non-hydrogen) atoms. The van der Waals surface area contributed by atoms with Crippen LogP contribution in [0.15, 0.2) is 65.2 Å². The summed E-state index contributed by atoms with van der Waals surface area (Å²) < 4.78 is 5.20. The van der Waals surface area contributed by atoms with Gasteiger partial charge in [0.25, 0.3) is 0 Å². The summed E-state index contributed by atoms with van der Waals surface area (Å²) in [6.07, 6.45) is 0. The van der Waals surface area contributed by atoms with Crippen molar-refractivity contribution in [3.8, 4) is 17.4 Å². The van der Waals surface area contributed by atoms with Crippen molar-refractivity contribution in [3.05, 3.63) is 71.4 Å². The first-order chi connectivity index (χ1) is 12.2. The molecule has 7 heteroatoms. The van der Waals surface area contributed by atoms with Crippen LogP contribution in [0.4, 0.5) is 5.69 Å². The monoisotopic (exact) mass is 352 g/mol. The molecule has 1 unspecified atom stereocenters. The Hall–Kier alpha value is -3.14. The molecule has 124 valence electrons. The van der Waals surface area contributed by atoms with Crippen LogP contribution in [0.2, 0.25) is 5.02 Å². The molecule has 2 aromatic carbocycles. The minimum absolute atomic E-state index is 0.0748. The highest BCUT2D eigenvalue weighted by Gasteiger charge is 2.23. The van der Waals surface area contributed by atoms with Crippen LogP contribution < -0.4 is 10.9 Å². The summed E-state index contributed by atoms with van der Waals surface area (Å²) in [5, 5.41) is 13.6. The topological polar surface area (TPSA) is 91.0 Å². The van der Waals surface area contributed by atoms with Gasteiger partial charge in [-0.15, -0.1) is 0 Å². The molecule has 0 bridgehead atoms. The number of carbonyl (C=O) groups excluding carboxylic acids is 1. The fraction of sp³-hybridized carbons (Fsp3) is 0.0556. The summed E-state index contributed by atoms with van der Waals surface area (Å²) in [4.78, 5) is 12.4. The number of aromatic nitrogens is 1. The molecule has 0 saturated heterocycles. The number of ketones is 1. The van der Waals surface area contributed by atoms with Gasteiger partial charge in [-0.1, -0.05) is 53.2 Å². The van der Waals surface area contributed by atoms with Crippen LogP contribution in [-0.4, -0.2) is 17.0 Å². The molecule has 1 aromatic heterocycles. The van der Waals surface area contributed by atoms with Gasteiger partial charge in [0.2, 0.25) is 5.78 Å². The van der Waals surface area contributed by atoms with E-state index in [4.69, 9.17) is 16.1 Å². The second-order valence-corrected chi connectivity index (χ2v) is 5.58. The number of benzene rings is 2. The molecule has 0 amide bonds. The van der Waals surface area contributed by atoms with Gasteiger partial charge in [0.05, 0.1) is 11.8 Å². The molecule has 0 radical (unpaired) electrons. The number of carbonyl (C=O) groups is 1. The largest absolute Gasteiger partial charge is 0.356 e. The van der Waals surface area contributed by atoms with E-state index in [1.165, 1.54) is 6.07 Å². The van der Waals surface area contributed by atoms with Crippen LogP contribution in [0.3, 0.4) is 0 Å². The van der Waals surface area contributed by atoms with Crippen LogP contribution >= 0.6 is 11.6 Å². The summed E-state index contributed by atoms with van der Waals surface area (Å²) in [5.74, 6) is -0.0357. The summed E-state index contributed by atoms with van der Waals surface area (Å²) in [5.41, 5.74) is 6.95. The first kappa shape index (κ1) is 16.7. The average molecular weight is 353 g/mol. The van der Waals surface area contributed by atoms with E-state index in [9.17, 15) is 10.1 Å². The Morgan fingerprint density at radius 1 is 1.16 bits per heavy atom. The zero-order valence-corrected chi connectivity index (χ0v) is 13.7. The fourth-order valence-electron chi connectivity index (χ4n) is 2.16. The fourth-order valence-corrected chi connectivity index (χ4v) is 2.35. The van der Waals surface area contributed by atoms with E-state index in [-0.39, 0.29) is 5.69 Å². The molecule has 0 aliphatic carbocycles. The molecule has 3 aromatic rings. The van der Waals surface area contributed by atoms with Gasteiger partial charge in [0, 0.05) is 16.7 Å². The Morgan fingerprint density at radius 2 is 1.96 bits per heavy atom. The van der Waals surface area contributed by atoms with Gasteiger partial charge < -0.3 is 9.95 Å². The number of hydrogen-bond acceptors (Lipinski definition) is 6. The average Bonchev–Trinajstić information content (AvgIpc) is 3.13. The summed E-state index contributed by atoms with van der Waals surface area (Å²) in [6.45, 7) is 0. The van der Waals surface area contributed by atoms with Gasteiger partial charge in [-0.25, -0.2) is 5.43 Å². The lowest BCUT2D eigenvalue weighted by atomic mass is 10.1. The van der Waals surface area contributed by atoms with Crippen molar-refractivity contribution in [1.82, 2.24) is 10.6 Å². The van der Waals surface area contributed by atoms with Gasteiger partial charge >= 0.3 is 0 Å². The van der Waals surface area contributed by atoms with E-state index in [1.807, 2.05) is 36.4 Å². The third kappa shape index (κ3) is 4.04. The molecule has 0 aliphatic heterocycles. The Balaban J connectivity index is 1.70. The van der Waals surface area contributed by atoms with E-state index < -0.39 is 11.8 Å². The number of nitrogens with zero attached hydrogens (tertiary/aromatic N) is 2. The van der Waals surface area contributed by atoms with Crippen molar-refractivity contribution in [3.63, 3.8) is 0 Å². The minimum atomic E-state index is -1.13. The van der Waals surface area contributed by atoms with Crippen molar-refractivity contribution in [2.24, 2.45) is 0 Å². The molecular weight excluding hydrogens is 340 g/mol. The zero-order valence-electron chi connectivity index (χ0n) is 12.9. The van der Waals surface area contributed by atoms with Crippen LogP contribution in [-0.2, 0) is 0 Å². The van der Waals surface area contributed by atoms with Crippen molar-refractivity contribution < 1.29 is 9.32 Å². The lowest BCUT2D eigenvalue weighted by molar-refractivity contribution is 0.0960. The van der Waals surface area contributed by atoms with Crippen LogP contribution in [0.1, 0.15) is 10.5 Å². The molecule has 0 aliphatic rings. The quantitative estimate of drug-likeness (QED) is 0.519. The van der Waals surface area contributed by atoms with E-state index in [0.29, 0.717) is 16.5 Å². The maximum Gasteiger partial charge on any atom is 0.217 e. The minimum Gasteiger partial charge on any atom is -0.356 e. The highest BCUT2D eigenvalue weighted by atomic mass is 35.5. The third-order valence-corrected chi connectivity index (χ3v) is 3.63. The number of rotatable bonds is 6. The Bertz CT molecular complexity index is 918. The molecule has 1 atom stereocenters. The van der Waals surface area contributed by atoms with E-state index in [1.54, 1.807) is 24.3 Å². The summed E-state index contributed by atoms with van der Waals surface area (Å²) in [6, 6.07) is 18.4. The molecule has 3 rings (SSSR count). The molecule has 0 spiro atoms. The molecular formula is C18H13ClN4O2. The number of nitriles is 1. The van der Waals surface area contributed by atoms with Gasteiger partial charge in [-0.05, 0) is 18.2 Å². The predicted molar refractivity (Wildman–Crippen MR) is 93.9 cm³/mol.